The van der Waals surface area contributed by atoms with E-state index in [1.165, 1.54) is 0 Å². The standard InChI is InChI=1S/C17H23N3O4/c18-11-12-5-6-15(24-12)16(21)19-14-4-2-1-3-13(14)17(22)20-7-9-23-10-8-20/h1-4,12,15H,5-11,18H2,(H,19,21)/t12-,15+/m1/s1. The molecule has 0 bridgehead atoms. The first-order chi connectivity index (χ1) is 11.7. The Morgan fingerprint density at radius 2 is 1.96 bits per heavy atom. The topological polar surface area (TPSA) is 93.9 Å². The van der Waals surface area contributed by atoms with Gasteiger partial charge in [0.1, 0.15) is 6.10 Å². The summed E-state index contributed by atoms with van der Waals surface area (Å²) < 4.78 is 10.9. The number of hydrogen-bond donors (Lipinski definition) is 2. The van der Waals surface area contributed by atoms with E-state index >= 15 is 0 Å². The van der Waals surface area contributed by atoms with Crippen molar-refractivity contribution in [2.24, 2.45) is 5.73 Å². The third kappa shape index (κ3) is 3.75. The van der Waals surface area contributed by atoms with Crippen LogP contribution in [0.2, 0.25) is 0 Å². The molecule has 2 heterocycles. The second-order valence-corrected chi connectivity index (χ2v) is 6.00. The monoisotopic (exact) mass is 333 g/mol. The predicted octanol–water partition coefficient (Wildman–Crippen LogP) is 0.604. The van der Waals surface area contributed by atoms with Crippen molar-refractivity contribution in [1.82, 2.24) is 4.90 Å². The lowest BCUT2D eigenvalue weighted by Gasteiger charge is -2.27. The van der Waals surface area contributed by atoms with E-state index in [0.717, 1.165) is 6.42 Å². The van der Waals surface area contributed by atoms with Crippen LogP contribution in [0.1, 0.15) is 23.2 Å². The Morgan fingerprint density at radius 1 is 1.21 bits per heavy atom. The van der Waals surface area contributed by atoms with E-state index in [-0.39, 0.29) is 17.9 Å². The Hall–Kier alpha value is -1.96. The summed E-state index contributed by atoms with van der Waals surface area (Å²) in [5, 5.41) is 2.83. The van der Waals surface area contributed by atoms with Crippen LogP contribution in [0.5, 0.6) is 0 Å². The minimum Gasteiger partial charge on any atom is -0.378 e. The fraction of sp³-hybridized carbons (Fsp3) is 0.529. The lowest BCUT2D eigenvalue weighted by Crippen LogP contribution is -2.41. The van der Waals surface area contributed by atoms with Gasteiger partial charge < -0.3 is 25.4 Å². The van der Waals surface area contributed by atoms with Gasteiger partial charge >= 0.3 is 0 Å². The summed E-state index contributed by atoms with van der Waals surface area (Å²) in [5.74, 6) is -0.324. The number of carbonyl (C=O) groups excluding carboxylic acids is 2. The molecule has 0 unspecified atom stereocenters. The summed E-state index contributed by atoms with van der Waals surface area (Å²) in [7, 11) is 0. The molecular weight excluding hydrogens is 310 g/mol. The predicted molar refractivity (Wildman–Crippen MR) is 88.7 cm³/mol. The van der Waals surface area contributed by atoms with Crippen molar-refractivity contribution in [3.8, 4) is 0 Å². The highest BCUT2D eigenvalue weighted by Crippen LogP contribution is 2.23. The lowest BCUT2D eigenvalue weighted by atomic mass is 10.1. The molecular formula is C17H23N3O4. The normalized spacial score (nSPS) is 24.0. The second kappa shape index (κ2) is 7.74. The highest BCUT2D eigenvalue weighted by atomic mass is 16.5. The molecule has 2 amide bonds. The third-order valence-electron chi connectivity index (χ3n) is 4.38. The van der Waals surface area contributed by atoms with E-state index in [4.69, 9.17) is 15.2 Å². The van der Waals surface area contributed by atoms with Crippen molar-refractivity contribution in [3.05, 3.63) is 29.8 Å². The van der Waals surface area contributed by atoms with Gasteiger partial charge in [-0.1, -0.05) is 12.1 Å². The Bertz CT molecular complexity index is 601. The highest BCUT2D eigenvalue weighted by Gasteiger charge is 2.30. The molecule has 2 aliphatic heterocycles. The molecule has 2 atom stereocenters. The fourth-order valence-electron chi connectivity index (χ4n) is 3.00. The average molecular weight is 333 g/mol. The van der Waals surface area contributed by atoms with E-state index in [0.29, 0.717) is 50.5 Å². The number of benzene rings is 1. The van der Waals surface area contributed by atoms with Crippen LogP contribution >= 0.6 is 0 Å². The van der Waals surface area contributed by atoms with Crippen LogP contribution in [0.25, 0.3) is 0 Å². The molecule has 0 aromatic heterocycles. The summed E-state index contributed by atoms with van der Waals surface area (Å²) in [6.45, 7) is 2.61. The van der Waals surface area contributed by atoms with Gasteiger partial charge in [-0.25, -0.2) is 0 Å². The van der Waals surface area contributed by atoms with Crippen molar-refractivity contribution in [3.63, 3.8) is 0 Å². The quantitative estimate of drug-likeness (QED) is 0.842. The molecule has 3 N–H and O–H groups in total. The van der Waals surface area contributed by atoms with Crippen molar-refractivity contribution < 1.29 is 19.1 Å². The molecule has 0 aliphatic carbocycles. The van der Waals surface area contributed by atoms with Crippen LogP contribution in [0.3, 0.4) is 0 Å². The molecule has 1 aromatic carbocycles. The number of anilines is 1. The number of nitrogens with two attached hydrogens (primary N) is 1. The van der Waals surface area contributed by atoms with Gasteiger partial charge in [-0.05, 0) is 25.0 Å². The van der Waals surface area contributed by atoms with Gasteiger partial charge in [-0.3, -0.25) is 9.59 Å². The summed E-state index contributed by atoms with van der Waals surface area (Å²) >= 11 is 0. The first-order valence-corrected chi connectivity index (χ1v) is 8.31. The number of nitrogens with one attached hydrogen (secondary N) is 1. The van der Waals surface area contributed by atoms with Crippen LogP contribution in [-0.4, -0.2) is 61.8 Å². The minimum atomic E-state index is -0.509. The van der Waals surface area contributed by atoms with Crippen LogP contribution < -0.4 is 11.1 Å². The molecule has 2 fully saturated rings. The van der Waals surface area contributed by atoms with E-state index in [1.807, 2.05) is 0 Å². The van der Waals surface area contributed by atoms with Crippen LogP contribution in [0.4, 0.5) is 5.69 Å². The second-order valence-electron chi connectivity index (χ2n) is 6.00. The number of ether oxygens (including phenoxy) is 2. The van der Waals surface area contributed by atoms with Gasteiger partial charge in [0, 0.05) is 19.6 Å². The van der Waals surface area contributed by atoms with Gasteiger partial charge in [-0.2, -0.15) is 0 Å². The molecule has 1 aromatic rings. The zero-order chi connectivity index (χ0) is 16.9. The first-order valence-electron chi connectivity index (χ1n) is 8.31. The van der Waals surface area contributed by atoms with Gasteiger partial charge in [0.2, 0.25) is 0 Å². The number of para-hydroxylation sites is 1. The highest BCUT2D eigenvalue weighted by molar-refractivity contribution is 6.04. The zero-order valence-corrected chi connectivity index (χ0v) is 13.6. The van der Waals surface area contributed by atoms with Crippen LogP contribution in [0, 0.1) is 0 Å². The molecule has 7 nitrogen and oxygen atoms in total. The van der Waals surface area contributed by atoms with E-state index in [1.54, 1.807) is 29.2 Å². The summed E-state index contributed by atoms with van der Waals surface area (Å²) in [6.07, 6.45) is 0.854. The smallest absolute Gasteiger partial charge is 0.256 e. The molecule has 2 saturated heterocycles. The largest absolute Gasteiger partial charge is 0.378 e. The van der Waals surface area contributed by atoms with Crippen LogP contribution in [0.15, 0.2) is 24.3 Å². The maximum atomic E-state index is 12.7. The molecule has 0 radical (unpaired) electrons. The molecule has 2 aliphatic rings. The summed E-state index contributed by atoms with van der Waals surface area (Å²) in [4.78, 5) is 26.8. The Kier molecular flexibility index (Phi) is 5.44. The molecule has 24 heavy (non-hydrogen) atoms. The lowest BCUT2D eigenvalue weighted by molar-refractivity contribution is -0.126. The maximum Gasteiger partial charge on any atom is 0.256 e. The van der Waals surface area contributed by atoms with Gasteiger partial charge in [0.05, 0.1) is 30.6 Å². The average Bonchev–Trinajstić information content (AvgIpc) is 3.12. The number of nitrogens with zero attached hydrogens (tertiary/aromatic N) is 1. The van der Waals surface area contributed by atoms with Crippen LogP contribution in [-0.2, 0) is 14.3 Å². The van der Waals surface area contributed by atoms with E-state index in [2.05, 4.69) is 5.32 Å². The first kappa shape index (κ1) is 16.9. The molecule has 0 spiro atoms. The van der Waals surface area contributed by atoms with Crippen molar-refractivity contribution in [2.45, 2.75) is 25.0 Å². The van der Waals surface area contributed by atoms with Gasteiger partial charge in [-0.15, -0.1) is 0 Å². The number of hydrogen-bond acceptors (Lipinski definition) is 5. The van der Waals surface area contributed by atoms with Gasteiger partial charge in [0.25, 0.3) is 11.8 Å². The minimum absolute atomic E-state index is 0.0639. The van der Waals surface area contributed by atoms with Crippen molar-refractivity contribution >= 4 is 17.5 Å². The number of morpholine rings is 1. The number of rotatable bonds is 4. The number of carbonyl (C=O) groups is 2. The van der Waals surface area contributed by atoms with Crippen molar-refractivity contribution in [1.29, 1.82) is 0 Å². The van der Waals surface area contributed by atoms with E-state index < -0.39 is 6.10 Å². The Morgan fingerprint density at radius 3 is 2.67 bits per heavy atom. The molecule has 130 valence electrons. The number of amides is 2. The van der Waals surface area contributed by atoms with E-state index in [9.17, 15) is 9.59 Å². The summed E-state index contributed by atoms with van der Waals surface area (Å²) in [6, 6.07) is 7.05. The Balaban J connectivity index is 1.70. The molecule has 3 rings (SSSR count). The van der Waals surface area contributed by atoms with Crippen molar-refractivity contribution in [2.75, 3.05) is 38.2 Å². The summed E-state index contributed by atoms with van der Waals surface area (Å²) in [5.41, 5.74) is 6.58. The maximum absolute atomic E-state index is 12.7. The zero-order valence-electron chi connectivity index (χ0n) is 13.6. The Labute approximate surface area is 141 Å². The third-order valence-corrected chi connectivity index (χ3v) is 4.38. The SMILES string of the molecule is NC[C@H]1CC[C@@H](C(=O)Nc2ccccc2C(=O)N2CCOCC2)O1. The van der Waals surface area contributed by atoms with Gasteiger partial charge in [0.15, 0.2) is 0 Å². The fourth-order valence-corrected chi connectivity index (χ4v) is 3.00. The molecule has 0 saturated carbocycles. The molecule has 7 heteroatoms.